The molecule has 1 aliphatic rings. The first-order chi connectivity index (χ1) is 9.72. The van der Waals surface area contributed by atoms with Crippen LogP contribution in [0.4, 0.5) is 10.5 Å². The second-order valence-corrected chi connectivity index (χ2v) is 4.73. The zero-order chi connectivity index (χ0) is 13.9. The minimum atomic E-state index is -0.294. The number of carbonyl (C=O) groups excluding carboxylic acids is 2. The summed E-state index contributed by atoms with van der Waals surface area (Å²) in [6, 6.07) is 6.84. The molecule has 2 aromatic rings. The van der Waals surface area contributed by atoms with Crippen molar-refractivity contribution in [1.82, 2.24) is 14.9 Å². The largest absolute Gasteiger partial charge is 0.349 e. The fourth-order valence-electron chi connectivity index (χ4n) is 1.77. The molecule has 3 rings (SSSR count). The monoisotopic (exact) mass is 270 g/mol. The van der Waals surface area contributed by atoms with Crippen LogP contribution in [0.1, 0.15) is 23.2 Å². The van der Waals surface area contributed by atoms with Crippen LogP contribution in [0.15, 0.2) is 43.0 Å². The normalized spacial score (nSPS) is 13.8. The van der Waals surface area contributed by atoms with Crippen molar-refractivity contribution < 1.29 is 9.59 Å². The molecule has 1 heterocycles. The van der Waals surface area contributed by atoms with Gasteiger partial charge in [0.25, 0.3) is 5.91 Å². The molecule has 0 radical (unpaired) electrons. The highest BCUT2D eigenvalue weighted by Crippen LogP contribution is 2.19. The van der Waals surface area contributed by atoms with E-state index in [1.807, 2.05) is 0 Å². The first kappa shape index (κ1) is 12.4. The van der Waals surface area contributed by atoms with Crippen LogP contribution < -0.4 is 10.6 Å². The third-order valence-corrected chi connectivity index (χ3v) is 3.05. The zero-order valence-electron chi connectivity index (χ0n) is 10.7. The van der Waals surface area contributed by atoms with Crippen molar-refractivity contribution in [1.29, 1.82) is 0 Å². The van der Waals surface area contributed by atoms with Gasteiger partial charge in [-0.3, -0.25) is 9.36 Å². The Morgan fingerprint density at radius 1 is 1.20 bits per heavy atom. The Labute approximate surface area is 115 Å². The van der Waals surface area contributed by atoms with E-state index in [0.29, 0.717) is 17.3 Å². The van der Waals surface area contributed by atoms with Crippen molar-refractivity contribution in [2.75, 3.05) is 5.32 Å². The summed E-state index contributed by atoms with van der Waals surface area (Å²) in [5.74, 6) is -0.0695. The van der Waals surface area contributed by atoms with E-state index in [9.17, 15) is 9.59 Å². The Morgan fingerprint density at radius 2 is 1.95 bits per heavy atom. The molecule has 2 N–H and O–H groups in total. The van der Waals surface area contributed by atoms with Gasteiger partial charge >= 0.3 is 6.03 Å². The molecule has 0 saturated heterocycles. The van der Waals surface area contributed by atoms with Crippen LogP contribution in [0, 0.1) is 0 Å². The van der Waals surface area contributed by atoms with Crippen LogP contribution in [-0.4, -0.2) is 27.5 Å². The number of hydrogen-bond donors (Lipinski definition) is 2. The summed E-state index contributed by atoms with van der Waals surface area (Å²) in [6.07, 6.45) is 6.64. The highest BCUT2D eigenvalue weighted by atomic mass is 16.2. The molecule has 1 aromatic carbocycles. The molecule has 1 saturated carbocycles. The summed E-state index contributed by atoms with van der Waals surface area (Å²) in [5, 5.41) is 5.63. The summed E-state index contributed by atoms with van der Waals surface area (Å²) in [4.78, 5) is 27.4. The fourth-order valence-corrected chi connectivity index (χ4v) is 1.77. The molecule has 0 atom stereocenters. The van der Waals surface area contributed by atoms with Crippen molar-refractivity contribution in [3.05, 3.63) is 48.5 Å². The van der Waals surface area contributed by atoms with Gasteiger partial charge in [0, 0.05) is 29.7 Å². The lowest BCUT2D eigenvalue weighted by Crippen LogP contribution is -2.25. The summed E-state index contributed by atoms with van der Waals surface area (Å²) < 4.78 is 1.34. The van der Waals surface area contributed by atoms with Gasteiger partial charge < -0.3 is 10.6 Å². The maximum atomic E-state index is 11.8. The molecule has 6 nitrogen and oxygen atoms in total. The lowest BCUT2D eigenvalue weighted by Gasteiger charge is -2.07. The lowest BCUT2D eigenvalue weighted by atomic mass is 10.2. The molecule has 1 aromatic heterocycles. The van der Waals surface area contributed by atoms with E-state index >= 15 is 0 Å². The molecule has 20 heavy (non-hydrogen) atoms. The molecule has 1 aliphatic carbocycles. The standard InChI is InChI=1S/C14H14N4O2/c19-13(16-11-5-6-11)10-1-3-12(4-2-10)17-14(20)18-8-7-15-9-18/h1-4,7-9,11H,5-6H2,(H,16,19)(H,17,20). The third kappa shape index (κ3) is 2.85. The van der Waals surface area contributed by atoms with Gasteiger partial charge in [0.2, 0.25) is 0 Å². The first-order valence-corrected chi connectivity index (χ1v) is 6.42. The molecular weight excluding hydrogens is 256 g/mol. The quantitative estimate of drug-likeness (QED) is 0.893. The number of benzene rings is 1. The number of hydrogen-bond acceptors (Lipinski definition) is 3. The number of imidazole rings is 1. The average Bonchev–Trinajstić information content (AvgIpc) is 3.08. The topological polar surface area (TPSA) is 76.0 Å². The number of nitrogens with one attached hydrogen (secondary N) is 2. The van der Waals surface area contributed by atoms with E-state index in [-0.39, 0.29) is 11.9 Å². The molecular formula is C14H14N4O2. The first-order valence-electron chi connectivity index (χ1n) is 6.42. The number of rotatable bonds is 3. The minimum absolute atomic E-state index is 0.0695. The van der Waals surface area contributed by atoms with E-state index in [2.05, 4.69) is 15.6 Å². The maximum absolute atomic E-state index is 11.8. The van der Waals surface area contributed by atoms with Gasteiger partial charge in [-0.1, -0.05) is 0 Å². The SMILES string of the molecule is O=C(NC1CC1)c1ccc(NC(=O)n2ccnc2)cc1. The zero-order valence-corrected chi connectivity index (χ0v) is 10.7. The van der Waals surface area contributed by atoms with Gasteiger partial charge in [0.05, 0.1) is 0 Å². The van der Waals surface area contributed by atoms with Crippen LogP contribution in [0.2, 0.25) is 0 Å². The second kappa shape index (κ2) is 5.16. The third-order valence-electron chi connectivity index (χ3n) is 3.05. The summed E-state index contributed by atoms with van der Waals surface area (Å²) >= 11 is 0. The van der Waals surface area contributed by atoms with Crippen molar-refractivity contribution in [3.63, 3.8) is 0 Å². The predicted molar refractivity (Wildman–Crippen MR) is 73.6 cm³/mol. The molecule has 0 spiro atoms. The van der Waals surface area contributed by atoms with Crippen molar-refractivity contribution in [2.24, 2.45) is 0 Å². The van der Waals surface area contributed by atoms with Crippen molar-refractivity contribution >= 4 is 17.6 Å². The summed E-state index contributed by atoms with van der Waals surface area (Å²) in [6.45, 7) is 0. The van der Waals surface area contributed by atoms with Gasteiger partial charge in [-0.15, -0.1) is 0 Å². The minimum Gasteiger partial charge on any atom is -0.349 e. The number of carbonyl (C=O) groups is 2. The van der Waals surface area contributed by atoms with Gasteiger partial charge in [-0.25, -0.2) is 9.78 Å². The highest BCUT2D eigenvalue weighted by Gasteiger charge is 2.23. The van der Waals surface area contributed by atoms with Crippen LogP contribution in [-0.2, 0) is 0 Å². The number of aromatic nitrogens is 2. The molecule has 0 bridgehead atoms. The van der Waals surface area contributed by atoms with Crippen molar-refractivity contribution in [2.45, 2.75) is 18.9 Å². The summed E-state index contributed by atoms with van der Waals surface area (Å²) in [7, 11) is 0. The van der Waals surface area contributed by atoms with E-state index in [0.717, 1.165) is 12.8 Å². The Balaban J connectivity index is 1.63. The fraction of sp³-hybridized carbons (Fsp3) is 0.214. The van der Waals surface area contributed by atoms with E-state index < -0.39 is 0 Å². The number of anilines is 1. The van der Waals surface area contributed by atoms with Gasteiger partial charge in [0.1, 0.15) is 6.33 Å². The maximum Gasteiger partial charge on any atom is 0.331 e. The van der Waals surface area contributed by atoms with Crippen LogP contribution in [0.3, 0.4) is 0 Å². The molecule has 1 fully saturated rings. The van der Waals surface area contributed by atoms with Crippen LogP contribution in [0.5, 0.6) is 0 Å². The smallest absolute Gasteiger partial charge is 0.331 e. The summed E-state index contributed by atoms with van der Waals surface area (Å²) in [5.41, 5.74) is 1.23. The van der Waals surface area contributed by atoms with Crippen LogP contribution >= 0.6 is 0 Å². The Bertz CT molecular complexity index is 615. The Hall–Kier alpha value is -2.63. The molecule has 2 amide bonds. The number of nitrogens with zero attached hydrogens (tertiary/aromatic N) is 2. The van der Waals surface area contributed by atoms with Crippen molar-refractivity contribution in [3.8, 4) is 0 Å². The number of amides is 2. The molecule has 0 aliphatic heterocycles. The van der Waals surface area contributed by atoms with Crippen LogP contribution in [0.25, 0.3) is 0 Å². The van der Waals surface area contributed by atoms with E-state index in [1.54, 1.807) is 30.5 Å². The second-order valence-electron chi connectivity index (χ2n) is 4.73. The Morgan fingerprint density at radius 3 is 2.55 bits per heavy atom. The average molecular weight is 270 g/mol. The molecule has 102 valence electrons. The van der Waals surface area contributed by atoms with Gasteiger partial charge in [-0.2, -0.15) is 0 Å². The Kier molecular flexibility index (Phi) is 3.20. The van der Waals surface area contributed by atoms with E-state index in [4.69, 9.17) is 0 Å². The predicted octanol–water partition coefficient (Wildman–Crippen LogP) is 1.86. The van der Waals surface area contributed by atoms with Gasteiger partial charge in [-0.05, 0) is 37.1 Å². The highest BCUT2D eigenvalue weighted by molar-refractivity contribution is 5.96. The lowest BCUT2D eigenvalue weighted by molar-refractivity contribution is 0.0951. The van der Waals surface area contributed by atoms with E-state index in [1.165, 1.54) is 17.1 Å². The molecule has 6 heteroatoms. The molecule has 0 unspecified atom stereocenters. The van der Waals surface area contributed by atoms with Gasteiger partial charge in [0.15, 0.2) is 0 Å².